The zero-order chi connectivity index (χ0) is 15.6. The molecule has 1 aliphatic rings. The highest BCUT2D eigenvalue weighted by molar-refractivity contribution is 5.15. The Bertz CT molecular complexity index is 603. The van der Waals surface area contributed by atoms with E-state index in [1.807, 2.05) is 24.7 Å². The molecule has 2 aromatic rings. The Kier molecular flexibility index (Phi) is 4.27. The van der Waals surface area contributed by atoms with Gasteiger partial charge in [0.2, 0.25) is 0 Å². The highest BCUT2D eigenvalue weighted by Gasteiger charge is 2.28. The highest BCUT2D eigenvalue weighted by Crippen LogP contribution is 2.27. The van der Waals surface area contributed by atoms with Crippen molar-refractivity contribution in [1.29, 1.82) is 0 Å². The molecule has 3 heterocycles. The molecule has 3 rings (SSSR count). The third kappa shape index (κ3) is 3.36. The van der Waals surface area contributed by atoms with E-state index in [1.165, 1.54) is 5.56 Å². The number of hydrogen-bond acceptors (Lipinski definition) is 4. The van der Waals surface area contributed by atoms with Crippen molar-refractivity contribution < 1.29 is 4.74 Å². The van der Waals surface area contributed by atoms with Crippen LogP contribution < -0.4 is 0 Å². The Labute approximate surface area is 131 Å². The fourth-order valence-electron chi connectivity index (χ4n) is 2.69. The first-order chi connectivity index (χ1) is 10.5. The molecule has 0 amide bonds. The first-order valence-electron chi connectivity index (χ1n) is 7.80. The molecule has 1 aliphatic heterocycles. The number of aromatic amines is 1. The summed E-state index contributed by atoms with van der Waals surface area (Å²) in [4.78, 5) is 14.7. The number of ether oxygens (including phenoxy) is 1. The van der Waals surface area contributed by atoms with Crippen LogP contribution in [0.25, 0.3) is 0 Å². The number of nitrogens with zero attached hydrogens (tertiary/aromatic N) is 3. The van der Waals surface area contributed by atoms with Crippen molar-refractivity contribution in [3.8, 4) is 0 Å². The number of aromatic nitrogens is 3. The zero-order valence-electron chi connectivity index (χ0n) is 13.5. The average molecular weight is 300 g/mol. The van der Waals surface area contributed by atoms with Gasteiger partial charge in [0.05, 0.1) is 19.3 Å². The summed E-state index contributed by atoms with van der Waals surface area (Å²) < 4.78 is 5.68. The summed E-state index contributed by atoms with van der Waals surface area (Å²) in [6.07, 6.45) is 5.68. The zero-order valence-corrected chi connectivity index (χ0v) is 13.5. The summed E-state index contributed by atoms with van der Waals surface area (Å²) >= 11 is 0. The van der Waals surface area contributed by atoms with Gasteiger partial charge in [-0.3, -0.25) is 9.88 Å². The van der Waals surface area contributed by atoms with Gasteiger partial charge in [0.1, 0.15) is 5.82 Å². The minimum atomic E-state index is 0.0783. The summed E-state index contributed by atoms with van der Waals surface area (Å²) in [7, 11) is 0. The minimum absolute atomic E-state index is 0.0783. The molecule has 22 heavy (non-hydrogen) atoms. The second-order valence-corrected chi connectivity index (χ2v) is 6.85. The molecular weight excluding hydrogens is 276 g/mol. The average Bonchev–Trinajstić information content (AvgIpc) is 2.99. The van der Waals surface area contributed by atoms with E-state index in [0.717, 1.165) is 31.2 Å². The van der Waals surface area contributed by atoms with Gasteiger partial charge in [-0.15, -0.1) is 0 Å². The quantitative estimate of drug-likeness (QED) is 0.947. The number of imidazole rings is 1. The number of hydrogen-bond donors (Lipinski definition) is 1. The van der Waals surface area contributed by atoms with Crippen LogP contribution in [0.15, 0.2) is 30.7 Å². The Balaban J connectivity index is 1.79. The summed E-state index contributed by atoms with van der Waals surface area (Å²) in [6, 6.07) is 4.27. The molecule has 1 atom stereocenters. The highest BCUT2D eigenvalue weighted by atomic mass is 16.5. The Morgan fingerprint density at radius 1 is 1.36 bits per heavy atom. The molecule has 5 heteroatoms. The Morgan fingerprint density at radius 2 is 2.23 bits per heavy atom. The van der Waals surface area contributed by atoms with Crippen LogP contribution in [0.1, 0.15) is 43.9 Å². The van der Waals surface area contributed by atoms with E-state index in [2.05, 4.69) is 46.7 Å². The van der Waals surface area contributed by atoms with Gasteiger partial charge in [0.25, 0.3) is 0 Å². The van der Waals surface area contributed by atoms with Crippen molar-refractivity contribution >= 4 is 0 Å². The molecule has 0 saturated carbocycles. The predicted octanol–water partition coefficient (Wildman–Crippen LogP) is 2.68. The van der Waals surface area contributed by atoms with Crippen molar-refractivity contribution in [3.63, 3.8) is 0 Å². The van der Waals surface area contributed by atoms with E-state index >= 15 is 0 Å². The van der Waals surface area contributed by atoms with Crippen molar-refractivity contribution in [3.05, 3.63) is 47.8 Å². The van der Waals surface area contributed by atoms with E-state index in [-0.39, 0.29) is 11.5 Å². The van der Waals surface area contributed by atoms with Gasteiger partial charge in [0.15, 0.2) is 0 Å². The molecule has 0 radical (unpaired) electrons. The first-order valence-corrected chi connectivity index (χ1v) is 7.80. The summed E-state index contributed by atoms with van der Waals surface area (Å²) in [6.45, 7) is 9.79. The summed E-state index contributed by atoms with van der Waals surface area (Å²) in [5.41, 5.74) is 2.46. The maximum atomic E-state index is 5.68. The number of H-pyrrole nitrogens is 1. The third-order valence-corrected chi connectivity index (χ3v) is 4.07. The monoisotopic (exact) mass is 300 g/mol. The number of pyridine rings is 1. The minimum Gasteiger partial charge on any atom is -0.378 e. The maximum Gasteiger partial charge on any atom is 0.126 e. The fourth-order valence-corrected chi connectivity index (χ4v) is 2.69. The molecule has 5 nitrogen and oxygen atoms in total. The number of nitrogens with one attached hydrogen (secondary N) is 1. The van der Waals surface area contributed by atoms with Gasteiger partial charge in [-0.1, -0.05) is 26.8 Å². The number of morpholine rings is 1. The normalized spacial score (nSPS) is 20.2. The van der Waals surface area contributed by atoms with Crippen molar-refractivity contribution in [2.24, 2.45) is 0 Å². The summed E-state index contributed by atoms with van der Waals surface area (Å²) in [5.74, 6) is 0.994. The second-order valence-electron chi connectivity index (χ2n) is 6.85. The van der Waals surface area contributed by atoms with Crippen molar-refractivity contribution in [1.82, 2.24) is 19.9 Å². The maximum absolute atomic E-state index is 5.68. The van der Waals surface area contributed by atoms with E-state index in [9.17, 15) is 0 Å². The van der Waals surface area contributed by atoms with Gasteiger partial charge in [-0.25, -0.2) is 4.98 Å². The van der Waals surface area contributed by atoms with Gasteiger partial charge in [-0.05, 0) is 11.6 Å². The number of rotatable bonds is 3. The molecule has 0 aromatic carbocycles. The fraction of sp³-hybridized carbons (Fsp3) is 0.529. The largest absolute Gasteiger partial charge is 0.378 e. The van der Waals surface area contributed by atoms with Gasteiger partial charge in [0, 0.05) is 42.8 Å². The Hall–Kier alpha value is -1.72. The molecule has 1 fully saturated rings. The van der Waals surface area contributed by atoms with E-state index in [1.54, 1.807) is 0 Å². The van der Waals surface area contributed by atoms with Crippen LogP contribution in [0.4, 0.5) is 0 Å². The molecule has 1 N–H and O–H groups in total. The van der Waals surface area contributed by atoms with Gasteiger partial charge >= 0.3 is 0 Å². The molecule has 0 unspecified atom stereocenters. The van der Waals surface area contributed by atoms with Crippen LogP contribution in [-0.2, 0) is 16.7 Å². The SMILES string of the molecule is CC(C)(C)c1cnc([C@@H]2COCCN2Cc2cccnc2)[nH]1. The molecular formula is C17H24N4O. The molecule has 1 saturated heterocycles. The smallest absolute Gasteiger partial charge is 0.126 e. The van der Waals surface area contributed by atoms with E-state index in [4.69, 9.17) is 4.74 Å². The second kappa shape index (κ2) is 6.18. The molecule has 2 aromatic heterocycles. The topological polar surface area (TPSA) is 54.0 Å². The lowest BCUT2D eigenvalue weighted by molar-refractivity contribution is -0.0157. The molecule has 0 bridgehead atoms. The van der Waals surface area contributed by atoms with Crippen LogP contribution >= 0.6 is 0 Å². The molecule has 118 valence electrons. The van der Waals surface area contributed by atoms with E-state index in [0.29, 0.717) is 6.61 Å². The predicted molar refractivity (Wildman–Crippen MR) is 85.5 cm³/mol. The van der Waals surface area contributed by atoms with Crippen molar-refractivity contribution in [2.75, 3.05) is 19.8 Å². The van der Waals surface area contributed by atoms with Crippen molar-refractivity contribution in [2.45, 2.75) is 38.8 Å². The van der Waals surface area contributed by atoms with Gasteiger partial charge < -0.3 is 9.72 Å². The third-order valence-electron chi connectivity index (χ3n) is 4.07. The van der Waals surface area contributed by atoms with Crippen LogP contribution in [0, 0.1) is 0 Å². The molecule has 0 aliphatic carbocycles. The lowest BCUT2D eigenvalue weighted by atomic mass is 9.93. The summed E-state index contributed by atoms with van der Waals surface area (Å²) in [5, 5.41) is 0. The lowest BCUT2D eigenvalue weighted by Gasteiger charge is -2.34. The standard InChI is InChI=1S/C17H24N4O/c1-17(2,3)15-10-19-16(20-15)14-12-22-8-7-21(14)11-13-5-4-6-18-9-13/h4-6,9-10,14H,7-8,11-12H2,1-3H3,(H,19,20)/t14-/m0/s1. The van der Waals surface area contributed by atoms with Crippen LogP contribution in [0.3, 0.4) is 0 Å². The van der Waals surface area contributed by atoms with Crippen LogP contribution in [-0.4, -0.2) is 39.6 Å². The Morgan fingerprint density at radius 3 is 2.91 bits per heavy atom. The van der Waals surface area contributed by atoms with Crippen LogP contribution in [0.5, 0.6) is 0 Å². The van der Waals surface area contributed by atoms with E-state index < -0.39 is 0 Å². The molecule has 0 spiro atoms. The van der Waals surface area contributed by atoms with Gasteiger partial charge in [-0.2, -0.15) is 0 Å². The lowest BCUT2D eigenvalue weighted by Crippen LogP contribution is -2.39. The first kappa shape index (κ1) is 15.2. The van der Waals surface area contributed by atoms with Crippen LogP contribution in [0.2, 0.25) is 0 Å².